The van der Waals surface area contributed by atoms with E-state index in [1.54, 1.807) is 12.1 Å². The molecule has 6 heteroatoms. The lowest BCUT2D eigenvalue weighted by Crippen LogP contribution is -2.27. The van der Waals surface area contributed by atoms with E-state index in [2.05, 4.69) is 0 Å². The molecule has 1 atom stereocenters. The number of halogens is 1. The SMILES string of the molecule is O=Cc1ccc(OC(=O)[C@@H]2CC(=O)N(c3ccc(F)cc3)C2)cc1. The molecule has 1 aliphatic rings. The summed E-state index contributed by atoms with van der Waals surface area (Å²) in [4.78, 5) is 36.4. The Morgan fingerprint density at radius 3 is 2.42 bits per heavy atom. The van der Waals surface area contributed by atoms with Crippen LogP contribution in [0.3, 0.4) is 0 Å². The average molecular weight is 327 g/mol. The first-order chi connectivity index (χ1) is 11.6. The van der Waals surface area contributed by atoms with E-state index in [9.17, 15) is 18.8 Å². The monoisotopic (exact) mass is 327 g/mol. The van der Waals surface area contributed by atoms with Crippen molar-refractivity contribution < 1.29 is 23.5 Å². The normalized spacial score (nSPS) is 17.0. The highest BCUT2D eigenvalue weighted by Gasteiger charge is 2.36. The second kappa shape index (κ2) is 6.62. The topological polar surface area (TPSA) is 63.7 Å². The molecule has 122 valence electrons. The van der Waals surface area contributed by atoms with E-state index in [-0.39, 0.29) is 24.7 Å². The summed E-state index contributed by atoms with van der Waals surface area (Å²) in [6.07, 6.45) is 0.741. The van der Waals surface area contributed by atoms with Gasteiger partial charge in [-0.2, -0.15) is 0 Å². The van der Waals surface area contributed by atoms with Gasteiger partial charge in [-0.25, -0.2) is 4.39 Å². The van der Waals surface area contributed by atoms with Gasteiger partial charge in [-0.3, -0.25) is 14.4 Å². The standard InChI is InChI=1S/C18H14FNO4/c19-14-3-5-15(6-4-14)20-10-13(9-17(20)22)18(23)24-16-7-1-12(11-21)2-8-16/h1-8,11,13H,9-10H2/t13-/m1/s1. The number of hydrogen-bond donors (Lipinski definition) is 0. The Kier molecular flexibility index (Phi) is 4.37. The van der Waals surface area contributed by atoms with Gasteiger partial charge in [-0.1, -0.05) is 0 Å². The van der Waals surface area contributed by atoms with E-state index in [1.807, 2.05) is 0 Å². The van der Waals surface area contributed by atoms with E-state index < -0.39 is 11.9 Å². The van der Waals surface area contributed by atoms with Crippen molar-refractivity contribution in [2.45, 2.75) is 6.42 Å². The van der Waals surface area contributed by atoms with Crippen molar-refractivity contribution in [3.05, 3.63) is 59.9 Å². The maximum absolute atomic E-state index is 13.0. The highest BCUT2D eigenvalue weighted by molar-refractivity contribution is 5.99. The number of aldehydes is 1. The van der Waals surface area contributed by atoms with Crippen LogP contribution >= 0.6 is 0 Å². The predicted molar refractivity (Wildman–Crippen MR) is 84.3 cm³/mol. The third-order valence-corrected chi connectivity index (χ3v) is 3.83. The Hall–Kier alpha value is -3.02. The van der Waals surface area contributed by atoms with Crippen LogP contribution in [-0.4, -0.2) is 24.7 Å². The average Bonchev–Trinajstić information content (AvgIpc) is 2.98. The number of carbonyl (C=O) groups excluding carboxylic acids is 3. The quantitative estimate of drug-likeness (QED) is 0.492. The van der Waals surface area contributed by atoms with Crippen LogP contribution in [0.4, 0.5) is 10.1 Å². The fourth-order valence-corrected chi connectivity index (χ4v) is 2.55. The van der Waals surface area contributed by atoms with Crippen LogP contribution in [0, 0.1) is 11.7 Å². The zero-order chi connectivity index (χ0) is 17.1. The van der Waals surface area contributed by atoms with E-state index in [0.29, 0.717) is 23.3 Å². The largest absolute Gasteiger partial charge is 0.426 e. The first-order valence-electron chi connectivity index (χ1n) is 7.39. The Labute approximate surface area is 137 Å². The van der Waals surface area contributed by atoms with Crippen LogP contribution in [0.25, 0.3) is 0 Å². The van der Waals surface area contributed by atoms with Crippen molar-refractivity contribution in [2.24, 2.45) is 5.92 Å². The third-order valence-electron chi connectivity index (χ3n) is 3.83. The van der Waals surface area contributed by atoms with Crippen LogP contribution < -0.4 is 9.64 Å². The molecule has 5 nitrogen and oxygen atoms in total. The Bertz CT molecular complexity index is 771. The summed E-state index contributed by atoms with van der Waals surface area (Å²) >= 11 is 0. The van der Waals surface area contributed by atoms with Gasteiger partial charge in [0.2, 0.25) is 5.91 Å². The molecule has 0 aliphatic carbocycles. The van der Waals surface area contributed by atoms with Gasteiger partial charge in [0.25, 0.3) is 0 Å². The molecule has 1 fully saturated rings. The summed E-state index contributed by atoms with van der Waals surface area (Å²) in [6.45, 7) is 0.190. The minimum Gasteiger partial charge on any atom is -0.426 e. The first-order valence-corrected chi connectivity index (χ1v) is 7.39. The number of nitrogens with zero attached hydrogens (tertiary/aromatic N) is 1. The van der Waals surface area contributed by atoms with Crippen molar-refractivity contribution >= 4 is 23.9 Å². The molecule has 1 aliphatic heterocycles. The summed E-state index contributed by atoms with van der Waals surface area (Å²) in [5.41, 5.74) is 1.03. The summed E-state index contributed by atoms with van der Waals surface area (Å²) in [7, 11) is 0. The number of esters is 1. The molecule has 1 saturated heterocycles. The van der Waals surface area contributed by atoms with E-state index >= 15 is 0 Å². The second-order valence-electron chi connectivity index (χ2n) is 5.49. The van der Waals surface area contributed by atoms with Crippen LogP contribution in [0.1, 0.15) is 16.8 Å². The fraction of sp³-hybridized carbons (Fsp3) is 0.167. The number of rotatable bonds is 4. The lowest BCUT2D eigenvalue weighted by Gasteiger charge is -2.16. The third kappa shape index (κ3) is 3.32. The number of ether oxygens (including phenoxy) is 1. The molecule has 0 aromatic heterocycles. The molecule has 2 aromatic carbocycles. The smallest absolute Gasteiger partial charge is 0.316 e. The second-order valence-corrected chi connectivity index (χ2v) is 5.49. The van der Waals surface area contributed by atoms with Crippen molar-refractivity contribution in [3.63, 3.8) is 0 Å². The first kappa shape index (κ1) is 15.9. The molecule has 1 heterocycles. The summed E-state index contributed by atoms with van der Waals surface area (Å²) in [6, 6.07) is 11.7. The molecule has 0 N–H and O–H groups in total. The highest BCUT2D eigenvalue weighted by Crippen LogP contribution is 2.26. The molecule has 0 bridgehead atoms. The van der Waals surface area contributed by atoms with Crippen molar-refractivity contribution in [1.29, 1.82) is 0 Å². The zero-order valence-corrected chi connectivity index (χ0v) is 12.6. The number of hydrogen-bond acceptors (Lipinski definition) is 4. The number of carbonyl (C=O) groups is 3. The summed E-state index contributed by atoms with van der Waals surface area (Å²) in [5.74, 6) is -1.38. The van der Waals surface area contributed by atoms with Crippen LogP contribution in [0.15, 0.2) is 48.5 Å². The maximum Gasteiger partial charge on any atom is 0.316 e. The van der Waals surface area contributed by atoms with E-state index in [0.717, 1.165) is 0 Å². The Morgan fingerprint density at radius 2 is 1.79 bits per heavy atom. The van der Waals surface area contributed by atoms with Gasteiger partial charge in [0.05, 0.1) is 5.92 Å². The van der Waals surface area contributed by atoms with Crippen LogP contribution in [-0.2, 0) is 9.59 Å². The molecule has 0 unspecified atom stereocenters. The molecule has 24 heavy (non-hydrogen) atoms. The molecular formula is C18H14FNO4. The predicted octanol–water partition coefficient (Wildman–Crippen LogP) is 2.60. The summed E-state index contributed by atoms with van der Waals surface area (Å²) in [5, 5.41) is 0. The van der Waals surface area contributed by atoms with E-state index in [1.165, 1.54) is 41.3 Å². The molecule has 0 saturated carbocycles. The molecule has 0 radical (unpaired) electrons. The van der Waals surface area contributed by atoms with Crippen molar-refractivity contribution in [3.8, 4) is 5.75 Å². The number of benzene rings is 2. The van der Waals surface area contributed by atoms with Crippen LogP contribution in [0.2, 0.25) is 0 Å². The molecule has 0 spiro atoms. The van der Waals surface area contributed by atoms with Gasteiger partial charge in [0, 0.05) is 24.2 Å². The van der Waals surface area contributed by atoms with Gasteiger partial charge in [0.1, 0.15) is 17.9 Å². The highest BCUT2D eigenvalue weighted by atomic mass is 19.1. The van der Waals surface area contributed by atoms with Gasteiger partial charge in [-0.15, -0.1) is 0 Å². The minimum atomic E-state index is -0.590. The van der Waals surface area contributed by atoms with Gasteiger partial charge in [0.15, 0.2) is 0 Å². The molecular weight excluding hydrogens is 313 g/mol. The Morgan fingerprint density at radius 1 is 1.12 bits per heavy atom. The van der Waals surface area contributed by atoms with Crippen molar-refractivity contribution in [1.82, 2.24) is 0 Å². The number of anilines is 1. The Balaban J connectivity index is 1.67. The minimum absolute atomic E-state index is 0.0443. The van der Waals surface area contributed by atoms with Crippen LogP contribution in [0.5, 0.6) is 5.75 Å². The van der Waals surface area contributed by atoms with Crippen molar-refractivity contribution in [2.75, 3.05) is 11.4 Å². The molecule has 1 amide bonds. The summed E-state index contributed by atoms with van der Waals surface area (Å²) < 4.78 is 18.2. The van der Waals surface area contributed by atoms with Gasteiger partial charge < -0.3 is 9.64 Å². The van der Waals surface area contributed by atoms with Gasteiger partial charge >= 0.3 is 5.97 Å². The number of amides is 1. The molecule has 2 aromatic rings. The fourth-order valence-electron chi connectivity index (χ4n) is 2.55. The van der Waals surface area contributed by atoms with E-state index in [4.69, 9.17) is 4.74 Å². The maximum atomic E-state index is 13.0. The lowest BCUT2D eigenvalue weighted by molar-refractivity contribution is -0.139. The molecule has 3 rings (SSSR count). The van der Waals surface area contributed by atoms with Gasteiger partial charge in [-0.05, 0) is 48.5 Å². The lowest BCUT2D eigenvalue weighted by atomic mass is 10.1. The zero-order valence-electron chi connectivity index (χ0n) is 12.6.